The molecule has 2 heterocycles. The van der Waals surface area contributed by atoms with Gasteiger partial charge in [0, 0.05) is 37.0 Å². The van der Waals surface area contributed by atoms with Crippen LogP contribution in [0.1, 0.15) is 34.1 Å². The summed E-state index contributed by atoms with van der Waals surface area (Å²) in [4.78, 5) is 26.6. The van der Waals surface area contributed by atoms with Crippen LogP contribution in [0.2, 0.25) is 0 Å². The Morgan fingerprint density at radius 1 is 1.12 bits per heavy atom. The van der Waals surface area contributed by atoms with Gasteiger partial charge in [0.2, 0.25) is 5.75 Å². The van der Waals surface area contributed by atoms with Crippen molar-refractivity contribution in [1.82, 2.24) is 25.3 Å². The first-order valence-electron chi connectivity index (χ1n) is 10.0. The summed E-state index contributed by atoms with van der Waals surface area (Å²) >= 11 is 0. The van der Waals surface area contributed by atoms with Crippen molar-refractivity contribution >= 4 is 0 Å². The molecule has 1 unspecified atom stereocenters. The number of rotatable bonds is 7. The number of aryl methyl sites for hydroxylation is 1. The summed E-state index contributed by atoms with van der Waals surface area (Å²) in [5.74, 6) is 6.34. The smallest absolute Gasteiger partial charge is 0.293 e. The molecule has 0 fully saturated rings. The molecule has 0 radical (unpaired) electrons. The van der Waals surface area contributed by atoms with Gasteiger partial charge in [0.05, 0.1) is 17.6 Å². The van der Waals surface area contributed by atoms with E-state index in [1.807, 2.05) is 31.2 Å². The molecule has 0 amide bonds. The number of nitrogens with zero attached hydrogens (tertiary/aromatic N) is 3. The van der Waals surface area contributed by atoms with Gasteiger partial charge in [0.1, 0.15) is 5.82 Å². The highest BCUT2D eigenvalue weighted by atomic mass is 16.3. The summed E-state index contributed by atoms with van der Waals surface area (Å²) in [7, 11) is 0. The molecule has 0 bridgehead atoms. The van der Waals surface area contributed by atoms with Crippen LogP contribution in [-0.4, -0.2) is 38.1 Å². The average Bonchev–Trinajstić information content (AvgIpc) is 2.82. The zero-order valence-electron chi connectivity index (χ0n) is 18.1. The van der Waals surface area contributed by atoms with E-state index in [9.17, 15) is 9.90 Å². The van der Waals surface area contributed by atoms with E-state index in [-0.39, 0.29) is 11.7 Å². The molecule has 7 nitrogen and oxygen atoms in total. The minimum absolute atomic E-state index is 0.172. The van der Waals surface area contributed by atoms with Crippen LogP contribution in [0.15, 0.2) is 73.6 Å². The third-order valence-corrected chi connectivity index (χ3v) is 4.49. The summed E-state index contributed by atoms with van der Waals surface area (Å²) < 4.78 is 0. The fourth-order valence-electron chi connectivity index (χ4n) is 2.94. The van der Waals surface area contributed by atoms with E-state index in [1.54, 1.807) is 18.5 Å². The van der Waals surface area contributed by atoms with E-state index in [0.717, 1.165) is 16.7 Å². The molecule has 164 valence electrons. The maximum atomic E-state index is 11.8. The molecule has 7 heteroatoms. The Kier molecular flexibility index (Phi) is 9.57. The molecular formula is C25H27N5O2. The summed E-state index contributed by atoms with van der Waals surface area (Å²) in [5, 5.41) is 13.4. The molecule has 0 aliphatic rings. The Morgan fingerprint density at radius 2 is 1.78 bits per heavy atom. The van der Waals surface area contributed by atoms with Crippen LogP contribution in [-0.2, 0) is 6.42 Å². The largest absolute Gasteiger partial charge is 0.502 e. The third kappa shape index (κ3) is 7.04. The summed E-state index contributed by atoms with van der Waals surface area (Å²) in [6.45, 7) is 12.7. The van der Waals surface area contributed by atoms with E-state index in [1.165, 1.54) is 6.33 Å². The Balaban J connectivity index is 0.00000176. The fraction of sp³-hybridized carbons (Fsp3) is 0.200. The maximum Gasteiger partial charge on any atom is 0.293 e. The molecule has 3 aromatic rings. The first-order valence-corrected chi connectivity index (χ1v) is 10.0. The lowest BCUT2D eigenvalue weighted by molar-refractivity contribution is 0.441. The minimum Gasteiger partial charge on any atom is -0.502 e. The van der Waals surface area contributed by atoms with Gasteiger partial charge in [-0.15, -0.1) is 19.7 Å². The number of H-pyrrole nitrogens is 1. The Hall–Kier alpha value is -4.02. The second kappa shape index (κ2) is 12.6. The number of benzene rings is 1. The van der Waals surface area contributed by atoms with Crippen LogP contribution in [0.4, 0.5) is 0 Å². The van der Waals surface area contributed by atoms with Gasteiger partial charge in [0.15, 0.2) is 0 Å². The number of hydrogen-bond acceptors (Lipinski definition) is 6. The van der Waals surface area contributed by atoms with Gasteiger partial charge >= 0.3 is 0 Å². The number of aromatic amines is 1. The van der Waals surface area contributed by atoms with Crippen molar-refractivity contribution in [2.75, 3.05) is 13.1 Å². The second-order valence-corrected chi connectivity index (χ2v) is 6.78. The second-order valence-electron chi connectivity index (χ2n) is 6.78. The molecule has 0 saturated heterocycles. The highest BCUT2D eigenvalue weighted by molar-refractivity contribution is 5.42. The minimum atomic E-state index is -0.542. The Labute approximate surface area is 188 Å². The van der Waals surface area contributed by atoms with Gasteiger partial charge in [-0.3, -0.25) is 4.79 Å². The quantitative estimate of drug-likeness (QED) is 0.303. The predicted octanol–water partition coefficient (Wildman–Crippen LogP) is 2.88. The van der Waals surface area contributed by atoms with Crippen molar-refractivity contribution < 1.29 is 5.11 Å². The van der Waals surface area contributed by atoms with Gasteiger partial charge in [-0.25, -0.2) is 15.0 Å². The molecular weight excluding hydrogens is 402 g/mol. The molecule has 0 aliphatic heterocycles. The lowest BCUT2D eigenvalue weighted by Gasteiger charge is -2.17. The third-order valence-electron chi connectivity index (χ3n) is 4.49. The average molecular weight is 430 g/mol. The Morgan fingerprint density at radius 3 is 2.44 bits per heavy atom. The molecule has 3 rings (SSSR count). The monoisotopic (exact) mass is 429 g/mol. The van der Waals surface area contributed by atoms with Crippen LogP contribution in [0.25, 0.3) is 0 Å². The van der Waals surface area contributed by atoms with Crippen molar-refractivity contribution in [3.63, 3.8) is 0 Å². The fourth-order valence-corrected chi connectivity index (χ4v) is 2.94. The lowest BCUT2D eigenvalue weighted by Crippen LogP contribution is -2.25. The van der Waals surface area contributed by atoms with E-state index in [2.05, 4.69) is 56.8 Å². The number of nitrogens with one attached hydrogen (secondary N) is 2. The van der Waals surface area contributed by atoms with Gasteiger partial charge in [-0.05, 0) is 31.0 Å². The van der Waals surface area contributed by atoms with E-state index >= 15 is 0 Å². The van der Waals surface area contributed by atoms with Gasteiger partial charge in [-0.1, -0.05) is 30.0 Å². The van der Waals surface area contributed by atoms with Crippen LogP contribution in [0.3, 0.4) is 0 Å². The maximum absolute atomic E-state index is 11.8. The van der Waals surface area contributed by atoms with Crippen molar-refractivity contribution in [3.8, 4) is 17.6 Å². The standard InChI is InChI=1S/C23H23N5O2.C2H4/c1-3-10-24-14-20(21-22(29)23(30)28-15-27-21)11-18-7-4-17(5-8-18)6-9-19-12-25-16(2)26-13-19;1-2/h3-5,7-8,12-13,15,20,24,29H,1,10-11,14H2,2H3,(H,27,28,30);1-2H2. The zero-order valence-corrected chi connectivity index (χ0v) is 18.1. The van der Waals surface area contributed by atoms with Gasteiger partial charge < -0.3 is 15.4 Å². The molecule has 1 atom stereocenters. The number of aromatic hydroxyl groups is 1. The molecule has 0 aliphatic carbocycles. The van der Waals surface area contributed by atoms with Crippen LogP contribution in [0, 0.1) is 18.8 Å². The molecule has 2 aromatic heterocycles. The molecule has 3 N–H and O–H groups in total. The topological polar surface area (TPSA) is 104 Å². The van der Waals surface area contributed by atoms with Crippen molar-refractivity contribution in [1.29, 1.82) is 0 Å². The summed E-state index contributed by atoms with van der Waals surface area (Å²) in [5.41, 5.74) is 2.51. The molecule has 32 heavy (non-hydrogen) atoms. The number of hydrogen-bond donors (Lipinski definition) is 3. The normalized spacial score (nSPS) is 10.8. The molecule has 0 spiro atoms. The van der Waals surface area contributed by atoms with Crippen LogP contribution >= 0.6 is 0 Å². The summed E-state index contributed by atoms with van der Waals surface area (Å²) in [6, 6.07) is 7.86. The molecule has 1 aromatic carbocycles. The number of aromatic nitrogens is 4. The van der Waals surface area contributed by atoms with Crippen molar-refractivity contribution in [2.24, 2.45) is 0 Å². The predicted molar refractivity (Wildman–Crippen MR) is 126 cm³/mol. The SMILES string of the molecule is C=C.C=CCNCC(Cc1ccc(C#Cc2cnc(C)nc2)cc1)c1nc[nH]c(=O)c1O. The molecule has 0 saturated carbocycles. The van der Waals surface area contributed by atoms with Crippen LogP contribution in [0.5, 0.6) is 5.75 Å². The highest BCUT2D eigenvalue weighted by Crippen LogP contribution is 2.23. The van der Waals surface area contributed by atoms with E-state index in [4.69, 9.17) is 0 Å². The van der Waals surface area contributed by atoms with Crippen LogP contribution < -0.4 is 10.9 Å². The van der Waals surface area contributed by atoms with Gasteiger partial charge in [-0.2, -0.15) is 0 Å². The first-order chi connectivity index (χ1) is 15.6. The van der Waals surface area contributed by atoms with Gasteiger partial charge in [0.25, 0.3) is 5.56 Å². The highest BCUT2D eigenvalue weighted by Gasteiger charge is 2.19. The lowest BCUT2D eigenvalue weighted by atomic mass is 9.94. The van der Waals surface area contributed by atoms with E-state index in [0.29, 0.717) is 31.0 Å². The Bertz CT molecular complexity index is 1130. The van der Waals surface area contributed by atoms with E-state index < -0.39 is 5.56 Å². The summed E-state index contributed by atoms with van der Waals surface area (Å²) in [6.07, 6.45) is 7.07. The first kappa shape index (κ1) is 24.3. The zero-order chi connectivity index (χ0) is 23.3. The van der Waals surface area contributed by atoms with Crippen molar-refractivity contribution in [2.45, 2.75) is 19.3 Å². The van der Waals surface area contributed by atoms with Crippen molar-refractivity contribution in [3.05, 3.63) is 107 Å².